The predicted molar refractivity (Wildman–Crippen MR) is 112 cm³/mol. The summed E-state index contributed by atoms with van der Waals surface area (Å²) in [7, 11) is 0. The van der Waals surface area contributed by atoms with Crippen LogP contribution < -0.4 is 0 Å². The molecule has 0 aliphatic heterocycles. The average Bonchev–Trinajstić information content (AvgIpc) is 2.88. The summed E-state index contributed by atoms with van der Waals surface area (Å²) in [4.78, 5) is 23.1. The fourth-order valence-corrected chi connectivity index (χ4v) is 3.21. The van der Waals surface area contributed by atoms with Gasteiger partial charge in [-0.15, -0.1) is 0 Å². The maximum Gasteiger partial charge on any atom is 0.385 e. The van der Waals surface area contributed by atoms with Crippen molar-refractivity contribution in [2.45, 2.75) is 49.4 Å². The van der Waals surface area contributed by atoms with Crippen LogP contribution in [0.2, 0.25) is 0 Å². The van der Waals surface area contributed by atoms with Gasteiger partial charge in [-0.2, -0.15) is 52.7 Å². The molecule has 2 aromatic carbocycles. The van der Waals surface area contributed by atoms with Gasteiger partial charge >= 0.3 is 47.5 Å². The summed E-state index contributed by atoms with van der Waals surface area (Å²) in [5, 5.41) is 0. The van der Waals surface area contributed by atoms with Crippen molar-refractivity contribution in [2.24, 2.45) is 0 Å². The van der Waals surface area contributed by atoms with Gasteiger partial charge in [0.2, 0.25) is 0 Å². The maximum atomic E-state index is 14.5. The molecule has 0 amide bonds. The zero-order valence-electron chi connectivity index (χ0n) is 20.2. The smallest absolute Gasteiger partial charge is 0.385 e. The topological polar surface area (TPSA) is 52.6 Å². The van der Waals surface area contributed by atoms with Crippen molar-refractivity contribution >= 4 is 11.9 Å². The van der Waals surface area contributed by atoms with Crippen LogP contribution in [-0.4, -0.2) is 48.8 Å². The zero-order valence-corrected chi connectivity index (χ0v) is 20.2. The van der Waals surface area contributed by atoms with Gasteiger partial charge in [-0.3, -0.25) is 0 Å². The highest BCUT2D eigenvalue weighted by Crippen LogP contribution is 2.63. The van der Waals surface area contributed by atoms with Gasteiger partial charge in [0.15, 0.2) is 0 Å². The number of benzene rings is 2. The van der Waals surface area contributed by atoms with E-state index in [2.05, 4.69) is 9.47 Å². The number of halogens is 12. The molecule has 4 nitrogen and oxygen atoms in total. The van der Waals surface area contributed by atoms with E-state index in [4.69, 9.17) is 0 Å². The first-order chi connectivity index (χ1) is 18.1. The van der Waals surface area contributed by atoms with E-state index >= 15 is 0 Å². The normalized spacial score (nSPS) is 13.7. The van der Waals surface area contributed by atoms with E-state index in [-0.39, 0.29) is 37.5 Å². The monoisotopic (exact) mass is 598 g/mol. The van der Waals surface area contributed by atoms with Crippen molar-refractivity contribution in [1.82, 2.24) is 0 Å². The molecule has 0 atom stereocenters. The Morgan fingerprint density at radius 2 is 0.750 bits per heavy atom. The Kier molecular flexibility index (Phi) is 8.88. The fraction of sp³-hybridized carbons (Fsp3) is 0.417. The van der Waals surface area contributed by atoms with Gasteiger partial charge in [0.05, 0.1) is 24.3 Å². The summed E-state index contributed by atoms with van der Waals surface area (Å²) in [5.41, 5.74) is -5.37. The van der Waals surface area contributed by atoms with E-state index < -0.39 is 69.7 Å². The molecule has 0 aliphatic carbocycles. The molecular weight excluding hydrogens is 580 g/mol. The summed E-state index contributed by atoms with van der Waals surface area (Å²) >= 11 is 0. The van der Waals surface area contributed by atoms with Crippen LogP contribution in [0.1, 0.15) is 45.7 Å². The Morgan fingerprint density at radius 1 is 0.500 bits per heavy atom. The number of hydrogen-bond acceptors (Lipinski definition) is 4. The van der Waals surface area contributed by atoms with Crippen molar-refractivity contribution in [3.63, 3.8) is 0 Å². The Morgan fingerprint density at radius 3 is 0.975 bits per heavy atom. The molecule has 0 fully saturated rings. The standard InChI is InChI=1S/C24H18F12O4/c1-3-39-17(37)13-5-9-15(10-6-13)19(25,26)21(29,30)23(33,34)24(35,36)22(31,32)20(27,28)16-11-7-14(8-12-16)18(38)40-4-2/h5-12H,3-4H2,1-2H3. The van der Waals surface area contributed by atoms with E-state index in [9.17, 15) is 62.3 Å². The third kappa shape index (κ3) is 5.07. The summed E-state index contributed by atoms with van der Waals surface area (Å²) in [6.07, 6.45) is 0. The minimum atomic E-state index is -7.79. The molecule has 0 heterocycles. The second-order valence-corrected chi connectivity index (χ2v) is 8.04. The Bertz CT molecular complexity index is 1110. The molecule has 222 valence electrons. The van der Waals surface area contributed by atoms with Gasteiger partial charge in [0, 0.05) is 11.1 Å². The van der Waals surface area contributed by atoms with E-state index in [1.54, 1.807) is 0 Å². The molecule has 0 N–H and O–H groups in total. The van der Waals surface area contributed by atoms with Crippen LogP contribution in [0.5, 0.6) is 0 Å². The number of ether oxygens (including phenoxy) is 2. The average molecular weight is 598 g/mol. The van der Waals surface area contributed by atoms with Crippen molar-refractivity contribution in [3.05, 3.63) is 70.8 Å². The van der Waals surface area contributed by atoms with Crippen molar-refractivity contribution in [1.29, 1.82) is 0 Å². The van der Waals surface area contributed by atoms with Crippen LogP contribution in [-0.2, 0) is 21.3 Å². The van der Waals surface area contributed by atoms with Gasteiger partial charge in [-0.05, 0) is 38.1 Å². The number of alkyl halides is 12. The van der Waals surface area contributed by atoms with Crippen molar-refractivity contribution < 1.29 is 71.7 Å². The first-order valence-electron chi connectivity index (χ1n) is 11.0. The van der Waals surface area contributed by atoms with Crippen LogP contribution in [0.25, 0.3) is 0 Å². The first kappa shape index (κ1) is 32.8. The minimum absolute atomic E-state index is 0.0633. The van der Waals surface area contributed by atoms with Crippen molar-refractivity contribution in [2.75, 3.05) is 13.2 Å². The number of rotatable bonds is 11. The predicted octanol–water partition coefficient (Wildman–Crippen LogP) is 7.47. The molecule has 2 rings (SSSR count). The highest BCUT2D eigenvalue weighted by molar-refractivity contribution is 5.89. The lowest BCUT2D eigenvalue weighted by Crippen LogP contribution is -2.69. The summed E-state index contributed by atoms with van der Waals surface area (Å²) in [6.45, 7) is 2.23. The van der Waals surface area contributed by atoms with Crippen LogP contribution in [0.15, 0.2) is 48.5 Å². The molecule has 0 bridgehead atoms. The second-order valence-electron chi connectivity index (χ2n) is 8.04. The lowest BCUT2D eigenvalue weighted by Gasteiger charge is -2.41. The highest BCUT2D eigenvalue weighted by Gasteiger charge is 2.90. The molecule has 2 aromatic rings. The number of hydrogen-bond donors (Lipinski definition) is 0. The van der Waals surface area contributed by atoms with E-state index in [1.807, 2.05) is 0 Å². The third-order valence-electron chi connectivity index (χ3n) is 5.49. The van der Waals surface area contributed by atoms with Crippen LogP contribution in [0.3, 0.4) is 0 Å². The molecule has 0 radical (unpaired) electrons. The number of carbonyl (C=O) groups excluding carboxylic acids is 2. The number of esters is 2. The lowest BCUT2D eigenvalue weighted by atomic mass is 9.87. The molecule has 0 saturated carbocycles. The zero-order chi connectivity index (χ0) is 30.9. The lowest BCUT2D eigenvalue weighted by molar-refractivity contribution is -0.429. The van der Waals surface area contributed by atoms with Gasteiger partial charge in [-0.1, -0.05) is 24.3 Å². The first-order valence-corrected chi connectivity index (χ1v) is 11.0. The molecule has 0 saturated heterocycles. The van der Waals surface area contributed by atoms with Crippen LogP contribution >= 0.6 is 0 Å². The highest BCUT2D eigenvalue weighted by atomic mass is 19.4. The second kappa shape index (κ2) is 10.8. The molecule has 0 aromatic heterocycles. The number of carbonyl (C=O) groups is 2. The van der Waals surface area contributed by atoms with Crippen molar-refractivity contribution in [3.8, 4) is 0 Å². The minimum Gasteiger partial charge on any atom is -0.462 e. The molecule has 0 aliphatic rings. The molecule has 0 unspecified atom stereocenters. The summed E-state index contributed by atoms with van der Waals surface area (Å²) < 4.78 is 182. The Balaban J connectivity index is 2.51. The maximum absolute atomic E-state index is 14.5. The fourth-order valence-electron chi connectivity index (χ4n) is 3.21. The van der Waals surface area contributed by atoms with Gasteiger partial charge in [0.1, 0.15) is 0 Å². The molecule has 0 spiro atoms. The Hall–Kier alpha value is -3.46. The SMILES string of the molecule is CCOC(=O)c1ccc(C(F)(F)C(F)(F)C(F)(F)C(F)(F)C(F)(F)C(F)(F)c2ccc(C(=O)OCC)cc2)cc1. The Labute approximate surface area is 217 Å². The molecule has 16 heteroatoms. The van der Waals surface area contributed by atoms with E-state index in [0.29, 0.717) is 24.3 Å². The van der Waals surface area contributed by atoms with E-state index in [1.165, 1.54) is 13.8 Å². The van der Waals surface area contributed by atoms with Gasteiger partial charge in [-0.25, -0.2) is 9.59 Å². The molecule has 40 heavy (non-hydrogen) atoms. The quantitative estimate of drug-likeness (QED) is 0.199. The van der Waals surface area contributed by atoms with Gasteiger partial charge < -0.3 is 9.47 Å². The largest absolute Gasteiger partial charge is 0.462 e. The van der Waals surface area contributed by atoms with Crippen LogP contribution in [0, 0.1) is 0 Å². The molecular formula is C24H18F12O4. The summed E-state index contributed by atoms with van der Waals surface area (Å²) in [6, 6.07) is 1.23. The van der Waals surface area contributed by atoms with Crippen LogP contribution in [0.4, 0.5) is 52.7 Å². The van der Waals surface area contributed by atoms with Gasteiger partial charge in [0.25, 0.3) is 0 Å². The van der Waals surface area contributed by atoms with E-state index in [0.717, 1.165) is 0 Å². The summed E-state index contributed by atoms with van der Waals surface area (Å²) in [5.74, 6) is -45.4. The third-order valence-corrected chi connectivity index (χ3v) is 5.49.